The van der Waals surface area contributed by atoms with Crippen molar-refractivity contribution in [2.75, 3.05) is 0 Å². The number of hydrogen-bond donors (Lipinski definition) is 1. The average Bonchev–Trinajstić information content (AvgIpc) is 2.72. The van der Waals surface area contributed by atoms with E-state index in [2.05, 4.69) is 5.16 Å². The second kappa shape index (κ2) is 3.32. The van der Waals surface area contributed by atoms with Crippen molar-refractivity contribution in [2.24, 2.45) is 0 Å². The van der Waals surface area contributed by atoms with Gasteiger partial charge in [-0.15, -0.1) is 11.3 Å². The lowest BCUT2D eigenvalue weighted by atomic mass is 10.2. The van der Waals surface area contributed by atoms with Gasteiger partial charge in [-0.1, -0.05) is 11.2 Å². The van der Waals surface area contributed by atoms with Gasteiger partial charge in [-0.2, -0.15) is 0 Å². The number of aromatic nitrogens is 1. The van der Waals surface area contributed by atoms with Gasteiger partial charge >= 0.3 is 0 Å². The molecule has 0 aromatic carbocycles. The monoisotopic (exact) mass is 195 g/mol. The number of hydrogen-bond acceptors (Lipinski definition) is 4. The van der Waals surface area contributed by atoms with E-state index in [1.165, 1.54) is 0 Å². The van der Waals surface area contributed by atoms with Gasteiger partial charge in [0.25, 0.3) is 0 Å². The van der Waals surface area contributed by atoms with Crippen molar-refractivity contribution in [2.45, 2.75) is 13.5 Å². The van der Waals surface area contributed by atoms with Crippen LogP contribution in [0.25, 0.3) is 10.6 Å². The van der Waals surface area contributed by atoms with Crippen molar-refractivity contribution < 1.29 is 9.63 Å². The first kappa shape index (κ1) is 8.47. The van der Waals surface area contributed by atoms with Crippen LogP contribution in [0.4, 0.5) is 0 Å². The Bertz CT molecular complexity index is 392. The molecule has 2 heterocycles. The number of rotatable bonds is 2. The summed E-state index contributed by atoms with van der Waals surface area (Å²) in [5.41, 5.74) is 1.54. The molecule has 0 aliphatic carbocycles. The molecule has 1 N–H and O–H groups in total. The van der Waals surface area contributed by atoms with Gasteiger partial charge < -0.3 is 9.63 Å². The van der Waals surface area contributed by atoms with E-state index < -0.39 is 0 Å². The van der Waals surface area contributed by atoms with Crippen LogP contribution in [0, 0.1) is 6.92 Å². The largest absolute Gasteiger partial charge is 0.390 e. The predicted molar refractivity (Wildman–Crippen MR) is 50.5 cm³/mol. The molecule has 0 saturated carbocycles. The van der Waals surface area contributed by atoms with Crippen LogP contribution >= 0.6 is 11.3 Å². The number of aliphatic hydroxyl groups is 1. The molecule has 0 aliphatic heterocycles. The van der Waals surface area contributed by atoms with Crippen LogP contribution in [0.5, 0.6) is 0 Å². The molecule has 0 atom stereocenters. The third kappa shape index (κ3) is 1.38. The molecule has 68 valence electrons. The molecule has 4 heteroatoms. The van der Waals surface area contributed by atoms with E-state index in [1.54, 1.807) is 11.3 Å². The highest BCUT2D eigenvalue weighted by atomic mass is 32.1. The minimum absolute atomic E-state index is 0.0687. The molecular weight excluding hydrogens is 186 g/mol. The zero-order valence-corrected chi connectivity index (χ0v) is 7.97. The minimum atomic E-state index is -0.0687. The summed E-state index contributed by atoms with van der Waals surface area (Å²) in [5.74, 6) is 0.763. The zero-order chi connectivity index (χ0) is 9.26. The number of aliphatic hydroxyl groups excluding tert-OH is 1. The molecule has 0 saturated heterocycles. The van der Waals surface area contributed by atoms with Gasteiger partial charge in [-0.3, -0.25) is 0 Å². The lowest BCUT2D eigenvalue weighted by Crippen LogP contribution is -1.84. The van der Waals surface area contributed by atoms with Gasteiger partial charge in [0.2, 0.25) is 0 Å². The second-order valence-corrected chi connectivity index (χ2v) is 3.67. The van der Waals surface area contributed by atoms with Crippen molar-refractivity contribution in [1.29, 1.82) is 0 Å². The molecule has 0 bridgehead atoms. The van der Waals surface area contributed by atoms with Gasteiger partial charge in [0.15, 0.2) is 5.76 Å². The van der Waals surface area contributed by atoms with Crippen LogP contribution in [0.2, 0.25) is 0 Å². The van der Waals surface area contributed by atoms with Gasteiger partial charge in [-0.25, -0.2) is 0 Å². The molecule has 2 aromatic rings. The fraction of sp³-hybridized carbons (Fsp3) is 0.222. The van der Waals surface area contributed by atoms with Crippen LogP contribution in [0.1, 0.15) is 11.3 Å². The van der Waals surface area contributed by atoms with Crippen molar-refractivity contribution in [3.05, 3.63) is 28.8 Å². The van der Waals surface area contributed by atoms with Gasteiger partial charge in [0, 0.05) is 5.56 Å². The maximum Gasteiger partial charge on any atom is 0.180 e. The molecule has 0 amide bonds. The van der Waals surface area contributed by atoms with E-state index in [9.17, 15) is 0 Å². The van der Waals surface area contributed by atoms with Crippen LogP contribution in [0.15, 0.2) is 22.0 Å². The van der Waals surface area contributed by atoms with Crippen LogP contribution in [0.3, 0.4) is 0 Å². The molecule has 2 rings (SSSR count). The summed E-state index contributed by atoms with van der Waals surface area (Å²) >= 11 is 1.60. The van der Waals surface area contributed by atoms with E-state index in [-0.39, 0.29) is 6.61 Å². The number of thiophene rings is 1. The Balaban J connectivity index is 2.48. The average molecular weight is 195 g/mol. The Labute approximate surface area is 79.6 Å². The SMILES string of the molecule is Cc1c(CO)noc1-c1cccs1. The first-order valence-electron chi connectivity index (χ1n) is 3.93. The minimum Gasteiger partial charge on any atom is -0.390 e. The molecule has 0 spiro atoms. The molecule has 0 unspecified atom stereocenters. The number of nitrogens with zero attached hydrogens (tertiary/aromatic N) is 1. The fourth-order valence-electron chi connectivity index (χ4n) is 1.15. The third-order valence-electron chi connectivity index (χ3n) is 1.92. The van der Waals surface area contributed by atoms with E-state index >= 15 is 0 Å². The molecular formula is C9H9NO2S. The van der Waals surface area contributed by atoms with E-state index in [1.807, 2.05) is 24.4 Å². The van der Waals surface area contributed by atoms with E-state index in [0.29, 0.717) is 5.69 Å². The summed E-state index contributed by atoms with van der Waals surface area (Å²) in [6.45, 7) is 1.83. The van der Waals surface area contributed by atoms with Crippen molar-refractivity contribution in [3.8, 4) is 10.6 Å². The van der Waals surface area contributed by atoms with Gasteiger partial charge in [-0.05, 0) is 18.4 Å². The highest BCUT2D eigenvalue weighted by Crippen LogP contribution is 2.29. The smallest absolute Gasteiger partial charge is 0.180 e. The highest BCUT2D eigenvalue weighted by molar-refractivity contribution is 7.13. The molecule has 0 aliphatic rings. The third-order valence-corrected chi connectivity index (χ3v) is 2.78. The topological polar surface area (TPSA) is 46.3 Å². The standard InChI is InChI=1S/C9H9NO2S/c1-6-7(5-11)10-12-9(6)8-3-2-4-13-8/h2-4,11H,5H2,1H3. The molecule has 2 aromatic heterocycles. The summed E-state index contributed by atoms with van der Waals surface area (Å²) in [6.07, 6.45) is 0. The molecule has 0 fully saturated rings. The maximum absolute atomic E-state index is 8.91. The van der Waals surface area contributed by atoms with Gasteiger partial charge in [0.05, 0.1) is 11.5 Å². The first-order chi connectivity index (χ1) is 6.33. The highest BCUT2D eigenvalue weighted by Gasteiger charge is 2.12. The van der Waals surface area contributed by atoms with Crippen LogP contribution in [-0.4, -0.2) is 10.3 Å². The molecule has 13 heavy (non-hydrogen) atoms. The summed E-state index contributed by atoms with van der Waals surface area (Å²) in [7, 11) is 0. The quantitative estimate of drug-likeness (QED) is 0.799. The lowest BCUT2D eigenvalue weighted by Gasteiger charge is -1.91. The van der Waals surface area contributed by atoms with Crippen LogP contribution < -0.4 is 0 Å². The summed E-state index contributed by atoms with van der Waals surface area (Å²) in [5, 5.41) is 14.7. The Kier molecular flexibility index (Phi) is 2.16. The first-order valence-corrected chi connectivity index (χ1v) is 4.80. The Morgan fingerprint density at radius 2 is 2.46 bits per heavy atom. The summed E-state index contributed by atoms with van der Waals surface area (Å²) < 4.78 is 5.13. The molecule has 3 nitrogen and oxygen atoms in total. The normalized spacial score (nSPS) is 10.6. The summed E-state index contributed by atoms with van der Waals surface area (Å²) in [6, 6.07) is 3.93. The van der Waals surface area contributed by atoms with Crippen LogP contribution in [-0.2, 0) is 6.61 Å². The van der Waals surface area contributed by atoms with Gasteiger partial charge in [0.1, 0.15) is 5.69 Å². The Hall–Kier alpha value is -1.13. The van der Waals surface area contributed by atoms with Crippen molar-refractivity contribution in [3.63, 3.8) is 0 Å². The van der Waals surface area contributed by atoms with E-state index in [4.69, 9.17) is 9.63 Å². The lowest BCUT2D eigenvalue weighted by molar-refractivity contribution is 0.266. The molecule has 0 radical (unpaired) electrons. The van der Waals surface area contributed by atoms with Crippen molar-refractivity contribution in [1.82, 2.24) is 5.16 Å². The fourth-order valence-corrected chi connectivity index (χ4v) is 1.91. The second-order valence-electron chi connectivity index (χ2n) is 2.72. The zero-order valence-electron chi connectivity index (χ0n) is 7.15. The maximum atomic E-state index is 8.91. The summed E-state index contributed by atoms with van der Waals surface area (Å²) in [4.78, 5) is 1.05. The van der Waals surface area contributed by atoms with Crippen molar-refractivity contribution >= 4 is 11.3 Å². The Morgan fingerprint density at radius 1 is 1.62 bits per heavy atom. The van der Waals surface area contributed by atoms with E-state index in [0.717, 1.165) is 16.2 Å². The Morgan fingerprint density at radius 3 is 3.00 bits per heavy atom. The predicted octanol–water partition coefficient (Wildman–Crippen LogP) is 2.20.